The van der Waals surface area contributed by atoms with Crippen molar-refractivity contribution in [1.29, 1.82) is 0 Å². The normalized spacial score (nSPS) is 13.1. The Morgan fingerprint density at radius 2 is 1.83 bits per heavy atom. The molecule has 1 aliphatic rings. The van der Waals surface area contributed by atoms with Gasteiger partial charge in [0, 0.05) is 30.2 Å². The topological polar surface area (TPSA) is 83.4 Å². The monoisotopic (exact) mass is 403 g/mol. The van der Waals surface area contributed by atoms with E-state index in [-0.39, 0.29) is 5.91 Å². The number of rotatable bonds is 3. The van der Waals surface area contributed by atoms with Crippen LogP contribution in [-0.4, -0.2) is 44.6 Å². The molecule has 4 rings (SSSR count). The highest BCUT2D eigenvalue weighted by Crippen LogP contribution is 2.20. The lowest BCUT2D eigenvalue weighted by Gasteiger charge is -2.14. The third kappa shape index (κ3) is 4.87. The van der Waals surface area contributed by atoms with Crippen molar-refractivity contribution >= 4 is 22.8 Å². The number of alkyl halides is 3. The third-order valence-corrected chi connectivity index (χ3v) is 4.28. The van der Waals surface area contributed by atoms with Gasteiger partial charge >= 0.3 is 12.1 Å². The van der Waals surface area contributed by atoms with Gasteiger partial charge in [-0.1, -0.05) is 24.3 Å². The van der Waals surface area contributed by atoms with Crippen LogP contribution in [0.1, 0.15) is 21.7 Å². The van der Waals surface area contributed by atoms with E-state index in [1.807, 2.05) is 41.3 Å². The van der Waals surface area contributed by atoms with E-state index < -0.39 is 12.1 Å². The van der Waals surface area contributed by atoms with E-state index in [9.17, 15) is 18.0 Å². The Morgan fingerprint density at radius 1 is 1.10 bits per heavy atom. The summed E-state index contributed by atoms with van der Waals surface area (Å²) in [4.78, 5) is 32.0. The summed E-state index contributed by atoms with van der Waals surface area (Å²) in [5.74, 6) is -2.68. The van der Waals surface area contributed by atoms with Crippen LogP contribution in [0, 0.1) is 0 Å². The number of halogens is 3. The van der Waals surface area contributed by atoms with E-state index in [4.69, 9.17) is 9.90 Å². The molecule has 0 saturated heterocycles. The van der Waals surface area contributed by atoms with Crippen LogP contribution in [0.25, 0.3) is 10.9 Å². The van der Waals surface area contributed by atoms with Crippen LogP contribution in [0.15, 0.2) is 54.7 Å². The first-order valence-electron chi connectivity index (χ1n) is 8.63. The molecule has 6 nitrogen and oxygen atoms in total. The summed E-state index contributed by atoms with van der Waals surface area (Å²) < 4.78 is 31.7. The predicted molar refractivity (Wildman–Crippen MR) is 98.1 cm³/mol. The third-order valence-electron chi connectivity index (χ3n) is 4.28. The first-order valence-corrected chi connectivity index (χ1v) is 8.63. The van der Waals surface area contributed by atoms with Crippen LogP contribution >= 0.6 is 0 Å². The number of fused-ring (bicyclic) bond motifs is 2. The van der Waals surface area contributed by atoms with E-state index in [0.29, 0.717) is 13.1 Å². The molecular weight excluding hydrogens is 387 g/mol. The summed E-state index contributed by atoms with van der Waals surface area (Å²) in [6, 6.07) is 15.8. The summed E-state index contributed by atoms with van der Waals surface area (Å²) in [5, 5.41) is 8.26. The average Bonchev–Trinajstić information content (AvgIpc) is 3.02. The number of carboxylic acid groups (broad SMARTS) is 1. The zero-order valence-corrected chi connectivity index (χ0v) is 15.1. The van der Waals surface area contributed by atoms with Gasteiger partial charge in [-0.05, 0) is 24.3 Å². The van der Waals surface area contributed by atoms with Gasteiger partial charge in [-0.25, -0.2) is 4.79 Å². The fourth-order valence-electron chi connectivity index (χ4n) is 2.86. The zero-order chi connectivity index (χ0) is 21.0. The molecule has 3 heterocycles. The minimum atomic E-state index is -5.08. The second-order valence-electron chi connectivity index (χ2n) is 6.27. The van der Waals surface area contributed by atoms with Crippen molar-refractivity contribution in [3.05, 3.63) is 71.7 Å². The summed E-state index contributed by atoms with van der Waals surface area (Å²) in [5.41, 5.74) is 3.61. The van der Waals surface area contributed by atoms with Gasteiger partial charge in [-0.15, -0.1) is 0 Å². The molecule has 29 heavy (non-hydrogen) atoms. The Bertz CT molecular complexity index is 1050. The molecule has 0 radical (unpaired) electrons. The number of aromatic nitrogens is 2. The van der Waals surface area contributed by atoms with Crippen molar-refractivity contribution in [3.8, 4) is 0 Å². The van der Waals surface area contributed by atoms with Gasteiger partial charge < -0.3 is 10.0 Å². The molecule has 0 aliphatic carbocycles. The molecule has 2 aromatic heterocycles. The SMILES string of the molecule is O=C(O)C(F)(F)F.O=C1c2cccnc2CN1CCc1ccc2ccccc2n1. The number of benzene rings is 1. The van der Waals surface area contributed by atoms with Crippen molar-refractivity contribution in [2.45, 2.75) is 19.1 Å². The number of amides is 1. The second kappa shape index (κ2) is 8.26. The predicted octanol–water partition coefficient (Wildman–Crippen LogP) is 3.46. The smallest absolute Gasteiger partial charge is 0.475 e. The number of hydrogen-bond acceptors (Lipinski definition) is 4. The van der Waals surface area contributed by atoms with Gasteiger partial charge in [0.05, 0.1) is 23.3 Å². The zero-order valence-electron chi connectivity index (χ0n) is 15.1. The lowest BCUT2D eigenvalue weighted by atomic mass is 10.2. The van der Waals surface area contributed by atoms with Gasteiger partial charge in [-0.3, -0.25) is 14.8 Å². The number of para-hydroxylation sites is 1. The molecule has 1 amide bonds. The molecule has 0 saturated carbocycles. The van der Waals surface area contributed by atoms with E-state index in [1.54, 1.807) is 6.20 Å². The molecule has 150 valence electrons. The quantitative estimate of drug-likeness (QED) is 0.724. The molecule has 3 aromatic rings. The minimum absolute atomic E-state index is 0.0730. The van der Waals surface area contributed by atoms with Crippen LogP contribution < -0.4 is 0 Å². The van der Waals surface area contributed by atoms with E-state index in [1.165, 1.54) is 0 Å². The molecule has 1 aromatic carbocycles. The lowest BCUT2D eigenvalue weighted by Crippen LogP contribution is -2.26. The van der Waals surface area contributed by atoms with E-state index in [2.05, 4.69) is 22.1 Å². The molecular formula is C20H16F3N3O3. The van der Waals surface area contributed by atoms with Crippen molar-refractivity contribution in [3.63, 3.8) is 0 Å². The Hall–Kier alpha value is -3.49. The molecule has 1 aliphatic heterocycles. The van der Waals surface area contributed by atoms with Crippen LogP contribution in [0.4, 0.5) is 13.2 Å². The Morgan fingerprint density at radius 3 is 2.52 bits per heavy atom. The van der Waals surface area contributed by atoms with Crippen LogP contribution in [0.5, 0.6) is 0 Å². The van der Waals surface area contributed by atoms with Crippen molar-refractivity contribution in [2.75, 3.05) is 6.54 Å². The van der Waals surface area contributed by atoms with E-state index >= 15 is 0 Å². The summed E-state index contributed by atoms with van der Waals surface area (Å²) >= 11 is 0. The summed E-state index contributed by atoms with van der Waals surface area (Å²) in [6.45, 7) is 1.27. The number of pyridine rings is 2. The van der Waals surface area contributed by atoms with Crippen molar-refractivity contribution in [1.82, 2.24) is 14.9 Å². The van der Waals surface area contributed by atoms with Gasteiger partial charge in [0.25, 0.3) is 5.91 Å². The number of carboxylic acids is 1. The maximum absolute atomic E-state index is 12.3. The largest absolute Gasteiger partial charge is 0.490 e. The highest BCUT2D eigenvalue weighted by molar-refractivity contribution is 5.97. The summed E-state index contributed by atoms with van der Waals surface area (Å²) in [7, 11) is 0. The van der Waals surface area contributed by atoms with Gasteiger partial charge in [0.15, 0.2) is 0 Å². The van der Waals surface area contributed by atoms with Gasteiger partial charge in [0.1, 0.15) is 0 Å². The molecule has 0 atom stereocenters. The maximum Gasteiger partial charge on any atom is 0.490 e. The van der Waals surface area contributed by atoms with Crippen LogP contribution in [0.2, 0.25) is 0 Å². The maximum atomic E-state index is 12.3. The lowest BCUT2D eigenvalue weighted by molar-refractivity contribution is -0.192. The average molecular weight is 403 g/mol. The highest BCUT2D eigenvalue weighted by Gasteiger charge is 2.38. The number of nitrogens with zero attached hydrogens (tertiary/aromatic N) is 3. The number of hydrogen-bond donors (Lipinski definition) is 1. The minimum Gasteiger partial charge on any atom is -0.475 e. The number of carbonyl (C=O) groups is 2. The number of aliphatic carboxylic acids is 1. The first-order chi connectivity index (χ1) is 13.8. The fourth-order valence-corrected chi connectivity index (χ4v) is 2.86. The van der Waals surface area contributed by atoms with Crippen molar-refractivity contribution in [2.24, 2.45) is 0 Å². The van der Waals surface area contributed by atoms with Crippen LogP contribution in [-0.2, 0) is 17.8 Å². The van der Waals surface area contributed by atoms with Gasteiger partial charge in [0.2, 0.25) is 0 Å². The molecule has 9 heteroatoms. The molecule has 0 unspecified atom stereocenters. The Labute approximate surface area is 163 Å². The Kier molecular flexibility index (Phi) is 5.76. The van der Waals surface area contributed by atoms with Gasteiger partial charge in [-0.2, -0.15) is 13.2 Å². The van der Waals surface area contributed by atoms with Crippen molar-refractivity contribution < 1.29 is 27.9 Å². The molecule has 1 N–H and O–H groups in total. The van der Waals surface area contributed by atoms with E-state index in [0.717, 1.165) is 34.3 Å². The molecule has 0 fully saturated rings. The molecule has 0 bridgehead atoms. The second-order valence-corrected chi connectivity index (χ2v) is 6.27. The fraction of sp³-hybridized carbons (Fsp3) is 0.200. The Balaban J connectivity index is 0.000000298. The standard InChI is InChI=1S/C18H15N3O.C2HF3O2/c22-18-15-5-3-10-19-17(15)12-21(18)11-9-14-8-7-13-4-1-2-6-16(13)20-14;3-2(4,5)1(6)7/h1-8,10H,9,11-12H2;(H,6,7). The summed E-state index contributed by atoms with van der Waals surface area (Å²) in [6.07, 6.45) is -2.59. The molecule has 0 spiro atoms. The number of carbonyl (C=O) groups excluding carboxylic acids is 1. The first kappa shape index (κ1) is 20.2. The van der Waals surface area contributed by atoms with Crippen LogP contribution in [0.3, 0.4) is 0 Å². The highest BCUT2D eigenvalue weighted by atomic mass is 19.4.